The zero-order chi connectivity index (χ0) is 18.1. The minimum absolute atomic E-state index is 0.323. The quantitative estimate of drug-likeness (QED) is 0.691. The summed E-state index contributed by atoms with van der Waals surface area (Å²) in [6, 6.07) is 14.0. The largest absolute Gasteiger partial charge is 0.473 e. The number of rotatable bonds is 4. The Hall–Kier alpha value is -2.43. The number of hydrogen-bond acceptors (Lipinski definition) is 4. The summed E-state index contributed by atoms with van der Waals surface area (Å²) in [6.45, 7) is 8.00. The lowest BCUT2D eigenvalue weighted by molar-refractivity contribution is 0.113. The molecular weight excluding hydrogens is 312 g/mol. The monoisotopic (exact) mass is 340 g/mol. The minimum atomic E-state index is 0.323. The van der Waals surface area contributed by atoms with Crippen molar-refractivity contribution in [2.75, 3.05) is 0 Å². The molecule has 0 N–H and O–H groups in total. The third-order valence-electron chi connectivity index (χ3n) is 3.85. The highest BCUT2D eigenvalue weighted by Crippen LogP contribution is 2.24. The van der Waals surface area contributed by atoms with Crippen molar-refractivity contribution >= 4 is 5.65 Å². The van der Waals surface area contributed by atoms with E-state index < -0.39 is 0 Å². The molecule has 1 fully saturated rings. The SMILES string of the molecule is CC.CC.c1ccc(Cc2nnc3ccc(OC4CCC4)nn23)cc1. The van der Waals surface area contributed by atoms with Gasteiger partial charge in [0.05, 0.1) is 0 Å². The second-order valence-corrected chi connectivity index (χ2v) is 5.39. The van der Waals surface area contributed by atoms with Crippen LogP contribution in [0.1, 0.15) is 58.3 Å². The van der Waals surface area contributed by atoms with E-state index in [2.05, 4.69) is 27.4 Å². The first kappa shape index (κ1) is 18.9. The fourth-order valence-electron chi connectivity index (χ4n) is 2.43. The van der Waals surface area contributed by atoms with Gasteiger partial charge in [0.1, 0.15) is 6.10 Å². The zero-order valence-corrected chi connectivity index (χ0v) is 15.6. The van der Waals surface area contributed by atoms with Crippen molar-refractivity contribution in [3.8, 4) is 5.88 Å². The standard InChI is InChI=1S/C16H16N4O.2C2H6/c1-2-5-12(6-3-1)11-15-18-17-14-9-10-16(19-20(14)15)21-13-7-4-8-13;2*1-2/h1-3,5-6,9-10,13H,4,7-8,11H2;2*1-2H3. The van der Waals surface area contributed by atoms with Crippen LogP contribution < -0.4 is 4.74 Å². The molecule has 3 aromatic rings. The van der Waals surface area contributed by atoms with E-state index in [1.165, 1.54) is 12.0 Å². The van der Waals surface area contributed by atoms with Gasteiger partial charge in [-0.1, -0.05) is 58.0 Å². The van der Waals surface area contributed by atoms with Crippen molar-refractivity contribution in [1.29, 1.82) is 0 Å². The molecule has 0 radical (unpaired) electrons. The van der Waals surface area contributed by atoms with Crippen molar-refractivity contribution in [1.82, 2.24) is 19.8 Å². The van der Waals surface area contributed by atoms with Gasteiger partial charge in [0.25, 0.3) is 0 Å². The van der Waals surface area contributed by atoms with E-state index >= 15 is 0 Å². The predicted octanol–water partition coefficient (Wildman–Crippen LogP) is 4.70. The molecule has 0 spiro atoms. The Bertz CT molecular complexity index is 751. The summed E-state index contributed by atoms with van der Waals surface area (Å²) in [5, 5.41) is 12.9. The lowest BCUT2D eigenvalue weighted by atomic mass is 9.96. The maximum atomic E-state index is 5.85. The van der Waals surface area contributed by atoms with E-state index in [4.69, 9.17) is 4.74 Å². The molecule has 0 amide bonds. The molecule has 5 heteroatoms. The predicted molar refractivity (Wildman–Crippen MR) is 101 cm³/mol. The third-order valence-corrected chi connectivity index (χ3v) is 3.85. The highest BCUT2D eigenvalue weighted by atomic mass is 16.5. The summed E-state index contributed by atoms with van der Waals surface area (Å²) < 4.78 is 7.62. The molecule has 0 aliphatic heterocycles. The summed E-state index contributed by atoms with van der Waals surface area (Å²) in [6.07, 6.45) is 4.53. The van der Waals surface area contributed by atoms with E-state index in [1.807, 2.05) is 58.0 Å². The Morgan fingerprint density at radius 1 is 0.960 bits per heavy atom. The van der Waals surface area contributed by atoms with E-state index in [9.17, 15) is 0 Å². The van der Waals surface area contributed by atoms with Crippen LogP contribution in [0.15, 0.2) is 42.5 Å². The van der Waals surface area contributed by atoms with Gasteiger partial charge in [0.15, 0.2) is 11.5 Å². The summed E-state index contributed by atoms with van der Waals surface area (Å²) in [7, 11) is 0. The van der Waals surface area contributed by atoms with Crippen molar-refractivity contribution in [3.05, 3.63) is 53.9 Å². The van der Waals surface area contributed by atoms with Gasteiger partial charge < -0.3 is 4.74 Å². The first-order chi connectivity index (χ1) is 12.4. The van der Waals surface area contributed by atoms with Gasteiger partial charge in [-0.2, -0.15) is 4.52 Å². The Labute approximate surface area is 150 Å². The summed E-state index contributed by atoms with van der Waals surface area (Å²) in [5.74, 6) is 1.48. The molecule has 0 atom stereocenters. The van der Waals surface area contributed by atoms with Crippen molar-refractivity contribution in [2.24, 2.45) is 0 Å². The first-order valence-corrected chi connectivity index (χ1v) is 9.30. The Kier molecular flexibility index (Phi) is 7.38. The third kappa shape index (κ3) is 4.78. The van der Waals surface area contributed by atoms with Gasteiger partial charge in [-0.3, -0.25) is 0 Å². The number of benzene rings is 1. The molecule has 25 heavy (non-hydrogen) atoms. The van der Waals surface area contributed by atoms with Gasteiger partial charge in [-0.05, 0) is 30.9 Å². The normalized spacial score (nSPS) is 13.1. The fourth-order valence-corrected chi connectivity index (χ4v) is 2.43. The lowest BCUT2D eigenvalue weighted by Gasteiger charge is -2.25. The summed E-state index contributed by atoms with van der Waals surface area (Å²) in [4.78, 5) is 0. The second-order valence-electron chi connectivity index (χ2n) is 5.39. The molecule has 0 saturated heterocycles. The molecule has 0 bridgehead atoms. The van der Waals surface area contributed by atoms with Crippen LogP contribution in [-0.2, 0) is 6.42 Å². The zero-order valence-electron chi connectivity index (χ0n) is 15.6. The molecule has 1 aliphatic rings. The number of ether oxygens (including phenoxy) is 1. The summed E-state index contributed by atoms with van der Waals surface area (Å²) in [5.41, 5.74) is 1.95. The van der Waals surface area contributed by atoms with E-state index in [-0.39, 0.29) is 0 Å². The minimum Gasteiger partial charge on any atom is -0.473 e. The molecule has 4 rings (SSSR count). The molecule has 0 unspecified atom stereocenters. The number of hydrogen-bond donors (Lipinski definition) is 0. The van der Waals surface area contributed by atoms with Crippen LogP contribution in [0, 0.1) is 0 Å². The molecule has 5 nitrogen and oxygen atoms in total. The maximum Gasteiger partial charge on any atom is 0.232 e. The van der Waals surface area contributed by atoms with Gasteiger partial charge >= 0.3 is 0 Å². The van der Waals surface area contributed by atoms with Gasteiger partial charge in [0.2, 0.25) is 5.88 Å². The molecule has 1 aliphatic carbocycles. The van der Waals surface area contributed by atoms with Crippen LogP contribution in [0.2, 0.25) is 0 Å². The maximum absolute atomic E-state index is 5.85. The average Bonchev–Trinajstić information content (AvgIpc) is 3.05. The smallest absolute Gasteiger partial charge is 0.232 e. The van der Waals surface area contributed by atoms with Gasteiger partial charge in [0, 0.05) is 12.5 Å². The Morgan fingerprint density at radius 2 is 1.68 bits per heavy atom. The topological polar surface area (TPSA) is 52.3 Å². The van der Waals surface area contributed by atoms with Crippen LogP contribution in [0.4, 0.5) is 0 Å². The van der Waals surface area contributed by atoms with Crippen LogP contribution in [0.25, 0.3) is 5.65 Å². The van der Waals surface area contributed by atoms with Crippen LogP contribution in [0.5, 0.6) is 5.88 Å². The Balaban J connectivity index is 0.000000528. The number of nitrogens with zero attached hydrogens (tertiary/aromatic N) is 4. The van der Waals surface area contributed by atoms with Crippen LogP contribution >= 0.6 is 0 Å². The highest BCUT2D eigenvalue weighted by Gasteiger charge is 2.20. The molecule has 1 saturated carbocycles. The fraction of sp³-hybridized carbons (Fsp3) is 0.450. The lowest BCUT2D eigenvalue weighted by Crippen LogP contribution is -2.25. The molecule has 1 aromatic carbocycles. The van der Waals surface area contributed by atoms with Crippen molar-refractivity contribution in [2.45, 2.75) is 59.5 Å². The molecule has 2 heterocycles. The van der Waals surface area contributed by atoms with E-state index in [0.717, 1.165) is 24.3 Å². The molecular formula is C20H28N4O. The van der Waals surface area contributed by atoms with Crippen molar-refractivity contribution < 1.29 is 4.74 Å². The number of fused-ring (bicyclic) bond motifs is 1. The van der Waals surface area contributed by atoms with Crippen LogP contribution in [-0.4, -0.2) is 25.9 Å². The summed E-state index contributed by atoms with van der Waals surface area (Å²) >= 11 is 0. The van der Waals surface area contributed by atoms with Gasteiger partial charge in [-0.25, -0.2) is 0 Å². The van der Waals surface area contributed by atoms with Crippen molar-refractivity contribution in [3.63, 3.8) is 0 Å². The molecule has 2 aromatic heterocycles. The second kappa shape index (κ2) is 9.77. The number of aromatic nitrogens is 4. The average molecular weight is 340 g/mol. The first-order valence-electron chi connectivity index (χ1n) is 9.30. The van der Waals surface area contributed by atoms with Crippen LogP contribution in [0.3, 0.4) is 0 Å². The van der Waals surface area contributed by atoms with Gasteiger partial charge in [-0.15, -0.1) is 15.3 Å². The van der Waals surface area contributed by atoms with E-state index in [0.29, 0.717) is 18.4 Å². The van der Waals surface area contributed by atoms with E-state index in [1.54, 1.807) is 4.52 Å². The Morgan fingerprint density at radius 3 is 2.32 bits per heavy atom. The molecule has 134 valence electrons. The highest BCUT2D eigenvalue weighted by molar-refractivity contribution is 5.38.